The molecule has 5 atom stereocenters. The third-order valence-corrected chi connectivity index (χ3v) is 8.84. The van der Waals surface area contributed by atoms with E-state index in [-0.39, 0.29) is 35.6 Å². The van der Waals surface area contributed by atoms with Crippen LogP contribution in [0.2, 0.25) is 0 Å². The van der Waals surface area contributed by atoms with Gasteiger partial charge in [-0.15, -0.1) is 24.9 Å². The molecule has 8 heteroatoms. The lowest BCUT2D eigenvalue weighted by Gasteiger charge is -2.38. The van der Waals surface area contributed by atoms with Gasteiger partial charge in [-0.25, -0.2) is 0 Å². The Morgan fingerprint density at radius 1 is 1.29 bits per heavy atom. The first-order chi connectivity index (χ1) is 14.7. The van der Waals surface area contributed by atoms with Gasteiger partial charge in [0.05, 0.1) is 16.6 Å². The van der Waals surface area contributed by atoms with Gasteiger partial charge in [-0.1, -0.05) is 12.2 Å². The topological polar surface area (TPSA) is 81.2 Å². The fraction of sp³-hybridized carbons (Fsp3) is 0.696. The van der Waals surface area contributed by atoms with Crippen molar-refractivity contribution < 1.29 is 19.5 Å². The Hall–Kier alpha value is -1.80. The molecule has 3 saturated heterocycles. The normalized spacial score (nSPS) is 31.1. The van der Waals surface area contributed by atoms with Crippen LogP contribution in [0, 0.1) is 11.8 Å². The molecule has 0 aromatic rings. The van der Waals surface area contributed by atoms with Crippen LogP contribution in [0.25, 0.3) is 0 Å². The molecule has 3 heterocycles. The molecular formula is C23H35N3O4S. The Bertz CT molecular complexity index is 757. The summed E-state index contributed by atoms with van der Waals surface area (Å²) < 4.78 is -0.585. The summed E-state index contributed by atoms with van der Waals surface area (Å²) in [5.74, 6) is -1.16. The molecule has 1 N–H and O–H groups in total. The minimum absolute atomic E-state index is 0.0319. The second kappa shape index (κ2) is 9.36. The third kappa shape index (κ3) is 3.82. The molecule has 3 fully saturated rings. The number of thioether (sulfide) groups is 1. The molecule has 3 aliphatic heterocycles. The molecule has 172 valence electrons. The van der Waals surface area contributed by atoms with Gasteiger partial charge in [-0.3, -0.25) is 14.4 Å². The van der Waals surface area contributed by atoms with Crippen LogP contribution in [0.1, 0.15) is 33.1 Å². The van der Waals surface area contributed by atoms with Crippen molar-refractivity contribution >= 4 is 29.5 Å². The average Bonchev–Trinajstić information content (AvgIpc) is 3.36. The number of fused-ring (bicyclic) bond motifs is 1. The van der Waals surface area contributed by atoms with E-state index in [0.717, 1.165) is 12.8 Å². The number of hydrogen-bond acceptors (Lipinski definition) is 5. The molecule has 1 spiro atoms. The van der Waals surface area contributed by atoms with Crippen LogP contribution in [0.5, 0.6) is 0 Å². The largest absolute Gasteiger partial charge is 0.396 e. The second-order valence-electron chi connectivity index (χ2n) is 9.05. The number of likely N-dealkylation sites (tertiary alicyclic amines) is 1. The molecule has 3 rings (SSSR count). The van der Waals surface area contributed by atoms with E-state index in [2.05, 4.69) is 13.2 Å². The number of carbonyl (C=O) groups is 3. The van der Waals surface area contributed by atoms with E-state index < -0.39 is 22.6 Å². The fourth-order valence-corrected chi connectivity index (χ4v) is 7.79. The summed E-state index contributed by atoms with van der Waals surface area (Å²) in [6, 6.07) is -0.646. The van der Waals surface area contributed by atoms with Crippen molar-refractivity contribution in [1.29, 1.82) is 0 Å². The minimum atomic E-state index is -0.614. The summed E-state index contributed by atoms with van der Waals surface area (Å²) in [5.41, 5.74) is 0. The second-order valence-corrected chi connectivity index (χ2v) is 10.6. The number of nitrogens with zero attached hydrogens (tertiary/aromatic N) is 3. The molecule has 0 radical (unpaired) electrons. The highest BCUT2D eigenvalue weighted by atomic mass is 32.2. The summed E-state index contributed by atoms with van der Waals surface area (Å²) in [4.78, 5) is 45.9. The molecule has 31 heavy (non-hydrogen) atoms. The van der Waals surface area contributed by atoms with Crippen molar-refractivity contribution in [2.75, 3.05) is 33.3 Å². The summed E-state index contributed by atoms with van der Waals surface area (Å²) in [6.45, 7) is 12.5. The number of likely N-dealkylation sites (N-methyl/N-ethyl adjacent to an activating group) is 1. The van der Waals surface area contributed by atoms with E-state index in [1.54, 1.807) is 45.7 Å². The number of carbonyl (C=O) groups excluding carboxylic acids is 3. The van der Waals surface area contributed by atoms with E-state index in [1.165, 1.54) is 0 Å². The molecule has 0 saturated carbocycles. The summed E-state index contributed by atoms with van der Waals surface area (Å²) >= 11 is 1.67. The molecule has 3 aliphatic rings. The molecule has 0 aromatic heterocycles. The van der Waals surface area contributed by atoms with Gasteiger partial charge in [-0.2, -0.15) is 0 Å². The maximum atomic E-state index is 13.8. The zero-order valence-corrected chi connectivity index (χ0v) is 19.6. The smallest absolute Gasteiger partial charge is 0.247 e. The molecule has 0 aliphatic carbocycles. The summed E-state index contributed by atoms with van der Waals surface area (Å²) in [7, 11) is 1.74. The number of aliphatic hydroxyl groups excluding tert-OH is 1. The standard InChI is InChI=1S/C23H35N3O4S/c1-6-11-24(5)20(28)17-16-9-10-23(31-16)18(17)21(29)26(13-8-14-27)19(23)22(30)25(12-7-2)15(3)4/h6-7,15-19,27H,1-2,8-14H2,3-5H3/t16-,17+,18+,19?,23?/m1/s1. The van der Waals surface area contributed by atoms with E-state index in [4.69, 9.17) is 0 Å². The van der Waals surface area contributed by atoms with Gasteiger partial charge in [0.15, 0.2) is 0 Å². The Kier molecular flexibility index (Phi) is 7.21. The van der Waals surface area contributed by atoms with Crippen LogP contribution in [0.15, 0.2) is 25.3 Å². The van der Waals surface area contributed by atoms with Gasteiger partial charge in [0, 0.05) is 44.6 Å². The van der Waals surface area contributed by atoms with Crippen molar-refractivity contribution in [3.8, 4) is 0 Å². The third-order valence-electron chi connectivity index (χ3n) is 6.89. The predicted octanol–water partition coefficient (Wildman–Crippen LogP) is 1.53. The molecule has 2 bridgehead atoms. The first-order valence-corrected chi connectivity index (χ1v) is 12.0. The van der Waals surface area contributed by atoms with E-state index in [9.17, 15) is 19.5 Å². The van der Waals surface area contributed by atoms with Crippen molar-refractivity contribution in [2.24, 2.45) is 11.8 Å². The van der Waals surface area contributed by atoms with E-state index in [0.29, 0.717) is 26.1 Å². The zero-order valence-electron chi connectivity index (χ0n) is 18.8. The Morgan fingerprint density at radius 3 is 2.55 bits per heavy atom. The Labute approximate surface area is 189 Å². The quantitative estimate of drug-likeness (QED) is 0.512. The lowest BCUT2D eigenvalue weighted by atomic mass is 9.70. The number of amides is 3. The van der Waals surface area contributed by atoms with Crippen LogP contribution in [-0.4, -0.2) is 92.9 Å². The zero-order chi connectivity index (χ0) is 22.9. The van der Waals surface area contributed by atoms with Gasteiger partial charge < -0.3 is 19.8 Å². The monoisotopic (exact) mass is 449 g/mol. The Morgan fingerprint density at radius 2 is 1.97 bits per heavy atom. The van der Waals surface area contributed by atoms with Gasteiger partial charge >= 0.3 is 0 Å². The van der Waals surface area contributed by atoms with Gasteiger partial charge in [-0.05, 0) is 33.1 Å². The van der Waals surface area contributed by atoms with Crippen molar-refractivity contribution in [3.05, 3.63) is 25.3 Å². The predicted molar refractivity (Wildman–Crippen MR) is 122 cm³/mol. The summed E-state index contributed by atoms with van der Waals surface area (Å²) in [5, 5.41) is 9.45. The van der Waals surface area contributed by atoms with E-state index >= 15 is 0 Å². The number of rotatable bonds is 10. The number of aliphatic hydroxyl groups is 1. The fourth-order valence-electron chi connectivity index (χ4n) is 5.59. The van der Waals surface area contributed by atoms with Crippen LogP contribution in [0.4, 0.5) is 0 Å². The van der Waals surface area contributed by atoms with Crippen LogP contribution in [0.3, 0.4) is 0 Å². The lowest BCUT2D eigenvalue weighted by Crippen LogP contribution is -2.56. The average molecular weight is 450 g/mol. The van der Waals surface area contributed by atoms with Gasteiger partial charge in [0.2, 0.25) is 17.7 Å². The SMILES string of the molecule is C=CCN(C)C(=O)[C@@H]1[C@H]2C(=O)N(CCCO)C(C(=O)N(CC=C)C(C)C)C23CC[C@H]1S3. The molecule has 0 aromatic carbocycles. The van der Waals surface area contributed by atoms with E-state index in [1.807, 2.05) is 13.8 Å². The molecule has 3 amide bonds. The van der Waals surface area contributed by atoms with Crippen LogP contribution < -0.4 is 0 Å². The molecular weight excluding hydrogens is 414 g/mol. The first-order valence-electron chi connectivity index (χ1n) is 11.1. The maximum Gasteiger partial charge on any atom is 0.247 e. The maximum absolute atomic E-state index is 13.8. The van der Waals surface area contributed by atoms with Crippen molar-refractivity contribution in [2.45, 2.75) is 55.2 Å². The molecule has 7 nitrogen and oxygen atoms in total. The van der Waals surface area contributed by atoms with Crippen LogP contribution >= 0.6 is 11.8 Å². The van der Waals surface area contributed by atoms with Crippen LogP contribution in [-0.2, 0) is 14.4 Å². The van der Waals surface area contributed by atoms with Gasteiger partial charge in [0.1, 0.15) is 6.04 Å². The lowest BCUT2D eigenvalue weighted by molar-refractivity contribution is -0.144. The highest BCUT2D eigenvalue weighted by Gasteiger charge is 2.73. The highest BCUT2D eigenvalue weighted by Crippen LogP contribution is 2.66. The van der Waals surface area contributed by atoms with Crippen molar-refractivity contribution in [3.63, 3.8) is 0 Å². The summed E-state index contributed by atoms with van der Waals surface area (Å²) in [6.07, 6.45) is 5.37. The number of hydrogen-bond donors (Lipinski definition) is 1. The highest BCUT2D eigenvalue weighted by molar-refractivity contribution is 8.02. The van der Waals surface area contributed by atoms with Gasteiger partial charge in [0.25, 0.3) is 0 Å². The minimum Gasteiger partial charge on any atom is -0.396 e. The first kappa shape index (κ1) is 23.9. The molecule has 2 unspecified atom stereocenters. The Balaban J connectivity index is 2.02. The van der Waals surface area contributed by atoms with Crippen molar-refractivity contribution in [1.82, 2.24) is 14.7 Å².